The number of carbonyl (C=O) groups excluding carboxylic acids is 1. The average Bonchev–Trinajstić information content (AvgIpc) is 3.08. The monoisotopic (exact) mass is 252 g/mol. The quantitative estimate of drug-likeness (QED) is 0.827. The highest BCUT2D eigenvalue weighted by atomic mass is 16.5. The highest BCUT2D eigenvalue weighted by molar-refractivity contribution is 5.89. The van der Waals surface area contributed by atoms with Crippen LogP contribution in [0.2, 0.25) is 0 Å². The van der Waals surface area contributed by atoms with Gasteiger partial charge in [-0.05, 0) is 25.7 Å². The maximum absolute atomic E-state index is 12.7. The Kier molecular flexibility index (Phi) is 3.32. The minimum atomic E-state index is -0.208. The highest BCUT2D eigenvalue weighted by Crippen LogP contribution is 2.37. The van der Waals surface area contributed by atoms with E-state index in [-0.39, 0.29) is 11.7 Å². The molecular weight excluding hydrogens is 228 g/mol. The zero-order chi connectivity index (χ0) is 12.6. The van der Waals surface area contributed by atoms with Gasteiger partial charge in [0, 0.05) is 19.1 Å². The molecule has 18 heavy (non-hydrogen) atoms. The van der Waals surface area contributed by atoms with Gasteiger partial charge in [0.25, 0.3) is 0 Å². The van der Waals surface area contributed by atoms with E-state index in [0.717, 1.165) is 45.4 Å². The van der Waals surface area contributed by atoms with Crippen molar-refractivity contribution >= 4 is 5.91 Å². The SMILES string of the molecule is CCC1NC2(CCCC2)C(=O)N1CC1CCOC1. The van der Waals surface area contributed by atoms with Gasteiger partial charge in [-0.1, -0.05) is 19.8 Å². The summed E-state index contributed by atoms with van der Waals surface area (Å²) in [4.78, 5) is 14.8. The Morgan fingerprint density at radius 1 is 1.44 bits per heavy atom. The fourth-order valence-electron chi connectivity index (χ4n) is 3.75. The van der Waals surface area contributed by atoms with E-state index >= 15 is 0 Å². The lowest BCUT2D eigenvalue weighted by atomic mass is 9.97. The predicted octanol–water partition coefficient (Wildman–Crippen LogP) is 1.50. The molecule has 2 atom stereocenters. The molecule has 1 amide bonds. The lowest BCUT2D eigenvalue weighted by molar-refractivity contribution is -0.133. The predicted molar refractivity (Wildman–Crippen MR) is 69.1 cm³/mol. The first kappa shape index (κ1) is 12.4. The molecule has 0 aromatic carbocycles. The van der Waals surface area contributed by atoms with Crippen LogP contribution < -0.4 is 5.32 Å². The maximum Gasteiger partial charge on any atom is 0.244 e. The van der Waals surface area contributed by atoms with Crippen LogP contribution in [0.1, 0.15) is 45.4 Å². The smallest absolute Gasteiger partial charge is 0.244 e. The Bertz CT molecular complexity index is 320. The molecule has 3 fully saturated rings. The van der Waals surface area contributed by atoms with Crippen LogP contribution >= 0.6 is 0 Å². The molecule has 0 aromatic heterocycles. The first-order chi connectivity index (χ1) is 8.75. The minimum Gasteiger partial charge on any atom is -0.381 e. The normalized spacial score (nSPS) is 34.9. The van der Waals surface area contributed by atoms with Gasteiger partial charge in [0.1, 0.15) is 0 Å². The first-order valence-electron chi connectivity index (χ1n) is 7.42. The number of amides is 1. The topological polar surface area (TPSA) is 41.6 Å². The Balaban J connectivity index is 1.72. The van der Waals surface area contributed by atoms with Crippen molar-refractivity contribution in [3.05, 3.63) is 0 Å². The van der Waals surface area contributed by atoms with Crippen LogP contribution in [-0.4, -0.2) is 42.3 Å². The third kappa shape index (κ3) is 1.95. The molecule has 1 N–H and O–H groups in total. The molecule has 1 spiro atoms. The summed E-state index contributed by atoms with van der Waals surface area (Å²) >= 11 is 0. The van der Waals surface area contributed by atoms with Gasteiger partial charge in [-0.15, -0.1) is 0 Å². The molecule has 2 heterocycles. The second-order valence-electron chi connectivity index (χ2n) is 6.04. The lowest BCUT2D eigenvalue weighted by Crippen LogP contribution is -2.44. The number of hydrogen-bond donors (Lipinski definition) is 1. The van der Waals surface area contributed by atoms with Crippen LogP contribution in [0.25, 0.3) is 0 Å². The van der Waals surface area contributed by atoms with E-state index in [1.807, 2.05) is 0 Å². The summed E-state index contributed by atoms with van der Waals surface area (Å²) in [6, 6.07) is 0. The molecule has 2 saturated heterocycles. The van der Waals surface area contributed by atoms with Gasteiger partial charge in [0.15, 0.2) is 0 Å². The molecule has 0 bridgehead atoms. The average molecular weight is 252 g/mol. The Morgan fingerprint density at radius 3 is 2.83 bits per heavy atom. The summed E-state index contributed by atoms with van der Waals surface area (Å²) in [5.74, 6) is 0.903. The maximum atomic E-state index is 12.7. The van der Waals surface area contributed by atoms with E-state index in [9.17, 15) is 4.79 Å². The van der Waals surface area contributed by atoms with Crippen molar-refractivity contribution in [3.8, 4) is 0 Å². The van der Waals surface area contributed by atoms with E-state index in [4.69, 9.17) is 4.74 Å². The fourth-order valence-corrected chi connectivity index (χ4v) is 3.75. The van der Waals surface area contributed by atoms with Crippen LogP contribution in [0.5, 0.6) is 0 Å². The van der Waals surface area contributed by atoms with Gasteiger partial charge >= 0.3 is 0 Å². The van der Waals surface area contributed by atoms with Crippen molar-refractivity contribution < 1.29 is 9.53 Å². The summed E-state index contributed by atoms with van der Waals surface area (Å²) in [6.45, 7) is 4.73. The Labute approximate surface area is 109 Å². The molecule has 1 saturated carbocycles. The molecule has 4 nitrogen and oxygen atoms in total. The second-order valence-corrected chi connectivity index (χ2v) is 6.04. The summed E-state index contributed by atoms with van der Waals surface area (Å²) < 4.78 is 5.43. The third-order valence-electron chi connectivity index (χ3n) is 4.81. The number of nitrogens with zero attached hydrogens (tertiary/aromatic N) is 1. The lowest BCUT2D eigenvalue weighted by Gasteiger charge is -2.25. The Morgan fingerprint density at radius 2 is 2.22 bits per heavy atom. The van der Waals surface area contributed by atoms with Crippen LogP contribution in [0.4, 0.5) is 0 Å². The van der Waals surface area contributed by atoms with Crippen LogP contribution in [0, 0.1) is 5.92 Å². The molecule has 2 aliphatic heterocycles. The van der Waals surface area contributed by atoms with Gasteiger partial charge in [0.05, 0.1) is 18.3 Å². The van der Waals surface area contributed by atoms with Crippen molar-refractivity contribution in [3.63, 3.8) is 0 Å². The van der Waals surface area contributed by atoms with Crippen LogP contribution in [-0.2, 0) is 9.53 Å². The molecule has 4 heteroatoms. The van der Waals surface area contributed by atoms with Crippen molar-refractivity contribution in [2.45, 2.75) is 57.2 Å². The molecule has 2 unspecified atom stereocenters. The number of hydrogen-bond acceptors (Lipinski definition) is 3. The zero-order valence-electron chi connectivity index (χ0n) is 11.3. The molecule has 0 radical (unpaired) electrons. The van der Waals surface area contributed by atoms with Gasteiger partial charge < -0.3 is 9.64 Å². The van der Waals surface area contributed by atoms with Gasteiger partial charge in [-0.3, -0.25) is 10.1 Å². The van der Waals surface area contributed by atoms with Crippen LogP contribution in [0.15, 0.2) is 0 Å². The van der Waals surface area contributed by atoms with Crippen LogP contribution in [0.3, 0.4) is 0 Å². The van der Waals surface area contributed by atoms with Crippen molar-refractivity contribution in [2.75, 3.05) is 19.8 Å². The van der Waals surface area contributed by atoms with E-state index in [2.05, 4.69) is 17.1 Å². The third-order valence-corrected chi connectivity index (χ3v) is 4.81. The number of carbonyl (C=O) groups is 1. The number of nitrogens with one attached hydrogen (secondary N) is 1. The largest absolute Gasteiger partial charge is 0.381 e. The molecule has 0 aromatic rings. The molecule has 3 aliphatic rings. The summed E-state index contributed by atoms with van der Waals surface area (Å²) in [5.41, 5.74) is -0.208. The number of ether oxygens (including phenoxy) is 1. The van der Waals surface area contributed by atoms with Crippen molar-refractivity contribution in [1.82, 2.24) is 10.2 Å². The summed E-state index contributed by atoms with van der Waals surface area (Å²) in [6.07, 6.45) is 6.79. The standard InChI is InChI=1S/C14H24N2O2/c1-2-12-15-14(6-3-4-7-14)13(17)16(12)9-11-5-8-18-10-11/h11-12,15H,2-10H2,1H3. The fraction of sp³-hybridized carbons (Fsp3) is 0.929. The first-order valence-corrected chi connectivity index (χ1v) is 7.42. The molecule has 102 valence electrons. The summed E-state index contributed by atoms with van der Waals surface area (Å²) in [5, 5.41) is 3.63. The summed E-state index contributed by atoms with van der Waals surface area (Å²) in [7, 11) is 0. The van der Waals surface area contributed by atoms with Gasteiger partial charge in [-0.25, -0.2) is 0 Å². The molecular formula is C14H24N2O2. The van der Waals surface area contributed by atoms with E-state index in [1.165, 1.54) is 12.8 Å². The van der Waals surface area contributed by atoms with E-state index in [1.54, 1.807) is 0 Å². The van der Waals surface area contributed by atoms with E-state index < -0.39 is 0 Å². The molecule has 3 rings (SSSR count). The van der Waals surface area contributed by atoms with Gasteiger partial charge in [0.2, 0.25) is 5.91 Å². The minimum absolute atomic E-state index is 0.208. The highest BCUT2D eigenvalue weighted by Gasteiger charge is 2.51. The van der Waals surface area contributed by atoms with E-state index in [0.29, 0.717) is 11.8 Å². The molecule has 1 aliphatic carbocycles. The second kappa shape index (κ2) is 4.82. The van der Waals surface area contributed by atoms with Gasteiger partial charge in [-0.2, -0.15) is 0 Å². The number of rotatable bonds is 3. The Hall–Kier alpha value is -0.610. The van der Waals surface area contributed by atoms with Crippen molar-refractivity contribution in [1.29, 1.82) is 0 Å². The zero-order valence-corrected chi connectivity index (χ0v) is 11.3. The van der Waals surface area contributed by atoms with Crippen molar-refractivity contribution in [2.24, 2.45) is 5.92 Å².